The maximum atomic E-state index is 12.1. The SMILES string of the molecule is O=C(c1c(Cl)ccc(Cl)c1Cl)C(F)(F)F. The van der Waals surface area contributed by atoms with E-state index in [-0.39, 0.29) is 10.0 Å². The maximum absolute atomic E-state index is 12.1. The topological polar surface area (TPSA) is 17.1 Å². The Kier molecular flexibility index (Phi) is 3.53. The van der Waals surface area contributed by atoms with Crippen LogP contribution >= 0.6 is 34.8 Å². The standard InChI is InChI=1S/C8H2Cl3F3O/c9-3-1-2-4(10)6(11)5(3)7(15)8(12,13)14/h1-2H. The summed E-state index contributed by atoms with van der Waals surface area (Å²) in [5, 5.41) is -1.04. The Balaban J connectivity index is 3.38. The van der Waals surface area contributed by atoms with Crippen LogP contribution in [0.15, 0.2) is 12.1 Å². The highest BCUT2D eigenvalue weighted by atomic mass is 35.5. The molecule has 0 saturated carbocycles. The lowest BCUT2D eigenvalue weighted by Crippen LogP contribution is -2.23. The molecule has 0 aromatic heterocycles. The van der Waals surface area contributed by atoms with E-state index in [1.54, 1.807) is 0 Å². The molecule has 0 aliphatic carbocycles. The number of Topliss-reactive ketones (excluding diaryl/α,β-unsaturated/α-hetero) is 1. The normalized spacial score (nSPS) is 11.6. The van der Waals surface area contributed by atoms with Crippen LogP contribution < -0.4 is 0 Å². The number of halogens is 6. The fourth-order valence-corrected chi connectivity index (χ4v) is 1.58. The van der Waals surface area contributed by atoms with Crippen molar-refractivity contribution in [2.24, 2.45) is 0 Å². The van der Waals surface area contributed by atoms with Gasteiger partial charge >= 0.3 is 6.18 Å². The van der Waals surface area contributed by atoms with Crippen molar-refractivity contribution >= 4 is 40.6 Å². The summed E-state index contributed by atoms with van der Waals surface area (Å²) in [7, 11) is 0. The van der Waals surface area contributed by atoms with Crippen LogP contribution in [0.4, 0.5) is 13.2 Å². The van der Waals surface area contributed by atoms with Gasteiger partial charge in [-0.1, -0.05) is 34.8 Å². The van der Waals surface area contributed by atoms with Gasteiger partial charge in [0, 0.05) is 0 Å². The average Bonchev–Trinajstić information content (AvgIpc) is 2.10. The molecule has 82 valence electrons. The molecule has 0 radical (unpaired) electrons. The molecule has 1 rings (SSSR count). The molecule has 0 bridgehead atoms. The van der Waals surface area contributed by atoms with Crippen LogP contribution in [0.25, 0.3) is 0 Å². The van der Waals surface area contributed by atoms with E-state index < -0.39 is 22.5 Å². The molecule has 1 nitrogen and oxygen atoms in total. The van der Waals surface area contributed by atoms with Crippen molar-refractivity contribution in [2.75, 3.05) is 0 Å². The first-order valence-corrected chi connectivity index (χ1v) is 4.63. The molecule has 1 aromatic carbocycles. The fourth-order valence-electron chi connectivity index (χ4n) is 0.877. The number of hydrogen-bond donors (Lipinski definition) is 0. The molecule has 0 saturated heterocycles. The summed E-state index contributed by atoms with van der Waals surface area (Å²) < 4.78 is 36.3. The molecule has 0 atom stereocenters. The quantitative estimate of drug-likeness (QED) is 0.549. The molecule has 0 amide bonds. The van der Waals surface area contributed by atoms with E-state index in [4.69, 9.17) is 34.8 Å². The summed E-state index contributed by atoms with van der Waals surface area (Å²) in [6, 6.07) is 2.29. The summed E-state index contributed by atoms with van der Waals surface area (Å²) >= 11 is 16.4. The van der Waals surface area contributed by atoms with E-state index in [1.165, 1.54) is 6.07 Å². The number of alkyl halides is 3. The molecule has 0 aliphatic rings. The fraction of sp³-hybridized carbons (Fsp3) is 0.125. The van der Waals surface area contributed by atoms with Gasteiger partial charge in [-0.25, -0.2) is 0 Å². The lowest BCUT2D eigenvalue weighted by Gasteiger charge is -2.09. The Bertz CT molecular complexity index is 414. The van der Waals surface area contributed by atoms with Crippen LogP contribution in [-0.2, 0) is 0 Å². The molecule has 15 heavy (non-hydrogen) atoms. The minimum Gasteiger partial charge on any atom is -0.284 e. The lowest BCUT2D eigenvalue weighted by molar-refractivity contribution is -0.0885. The third-order valence-corrected chi connectivity index (χ3v) is 2.65. The van der Waals surface area contributed by atoms with Crippen molar-refractivity contribution in [3.05, 3.63) is 32.8 Å². The molecule has 1 aromatic rings. The van der Waals surface area contributed by atoms with Crippen molar-refractivity contribution in [1.82, 2.24) is 0 Å². The Hall–Kier alpha value is -0.450. The van der Waals surface area contributed by atoms with Gasteiger partial charge in [-0.3, -0.25) is 4.79 Å². The summed E-state index contributed by atoms with van der Waals surface area (Å²) in [5.41, 5.74) is -0.821. The predicted molar refractivity (Wildman–Crippen MR) is 51.9 cm³/mol. The van der Waals surface area contributed by atoms with Crippen molar-refractivity contribution in [3.8, 4) is 0 Å². The molecular formula is C8H2Cl3F3O. The van der Waals surface area contributed by atoms with E-state index in [0.29, 0.717) is 0 Å². The van der Waals surface area contributed by atoms with Gasteiger partial charge < -0.3 is 0 Å². The van der Waals surface area contributed by atoms with Gasteiger partial charge in [0.1, 0.15) is 0 Å². The Morgan fingerprint density at radius 1 is 1.07 bits per heavy atom. The van der Waals surface area contributed by atoms with Crippen LogP contribution in [0.2, 0.25) is 15.1 Å². The highest BCUT2D eigenvalue weighted by Gasteiger charge is 2.41. The first kappa shape index (κ1) is 12.6. The van der Waals surface area contributed by atoms with E-state index >= 15 is 0 Å². The summed E-state index contributed by atoms with van der Waals surface area (Å²) in [4.78, 5) is 10.9. The zero-order valence-corrected chi connectivity index (χ0v) is 9.10. The number of carbonyl (C=O) groups excluding carboxylic acids is 1. The summed E-state index contributed by atoms with van der Waals surface area (Å²) in [6.45, 7) is 0. The first-order valence-electron chi connectivity index (χ1n) is 3.50. The maximum Gasteiger partial charge on any atom is 0.454 e. The second-order valence-electron chi connectivity index (χ2n) is 2.55. The molecular weight excluding hydrogens is 275 g/mol. The molecule has 0 aliphatic heterocycles. The van der Waals surface area contributed by atoms with Crippen LogP contribution in [0.3, 0.4) is 0 Å². The summed E-state index contributed by atoms with van der Waals surface area (Å²) in [5.74, 6) is -2.11. The second kappa shape index (κ2) is 4.20. The van der Waals surface area contributed by atoms with Crippen molar-refractivity contribution < 1.29 is 18.0 Å². The number of ketones is 1. The highest BCUT2D eigenvalue weighted by Crippen LogP contribution is 2.35. The molecule has 0 heterocycles. The highest BCUT2D eigenvalue weighted by molar-refractivity contribution is 6.46. The summed E-state index contributed by atoms with van der Waals surface area (Å²) in [6.07, 6.45) is -5.03. The number of rotatable bonds is 1. The van der Waals surface area contributed by atoms with Crippen molar-refractivity contribution in [1.29, 1.82) is 0 Å². The number of benzene rings is 1. The van der Waals surface area contributed by atoms with Gasteiger partial charge in [0.2, 0.25) is 0 Å². The lowest BCUT2D eigenvalue weighted by atomic mass is 10.1. The largest absolute Gasteiger partial charge is 0.454 e. The molecule has 7 heteroatoms. The zero-order chi connectivity index (χ0) is 11.8. The predicted octanol–water partition coefficient (Wildman–Crippen LogP) is 4.39. The Morgan fingerprint density at radius 2 is 1.53 bits per heavy atom. The van der Waals surface area contributed by atoms with Crippen LogP contribution in [0, 0.1) is 0 Å². The van der Waals surface area contributed by atoms with Gasteiger partial charge in [-0.15, -0.1) is 0 Å². The van der Waals surface area contributed by atoms with Crippen molar-refractivity contribution in [2.45, 2.75) is 6.18 Å². The second-order valence-corrected chi connectivity index (χ2v) is 3.74. The van der Waals surface area contributed by atoms with Gasteiger partial charge in [0.05, 0.1) is 20.6 Å². The average molecular weight is 277 g/mol. The molecule has 0 N–H and O–H groups in total. The Labute approximate surface area is 97.7 Å². The van der Waals surface area contributed by atoms with E-state index in [9.17, 15) is 18.0 Å². The minimum atomic E-state index is -5.03. The minimum absolute atomic E-state index is 0.159. The zero-order valence-electron chi connectivity index (χ0n) is 6.83. The van der Waals surface area contributed by atoms with E-state index in [1.807, 2.05) is 0 Å². The van der Waals surface area contributed by atoms with Gasteiger partial charge in [0.25, 0.3) is 5.78 Å². The van der Waals surface area contributed by atoms with Crippen molar-refractivity contribution in [3.63, 3.8) is 0 Å². The smallest absolute Gasteiger partial charge is 0.284 e. The first-order chi connectivity index (χ1) is 6.75. The van der Waals surface area contributed by atoms with Gasteiger partial charge in [0.15, 0.2) is 0 Å². The third kappa shape index (κ3) is 2.56. The number of carbonyl (C=O) groups is 1. The Morgan fingerprint density at radius 3 is 2.00 bits per heavy atom. The van der Waals surface area contributed by atoms with E-state index in [2.05, 4.69) is 0 Å². The van der Waals surface area contributed by atoms with Crippen LogP contribution in [0.5, 0.6) is 0 Å². The third-order valence-electron chi connectivity index (χ3n) is 1.53. The molecule has 0 spiro atoms. The van der Waals surface area contributed by atoms with Crippen LogP contribution in [0.1, 0.15) is 10.4 Å². The van der Waals surface area contributed by atoms with E-state index in [0.717, 1.165) is 6.07 Å². The van der Waals surface area contributed by atoms with Crippen LogP contribution in [-0.4, -0.2) is 12.0 Å². The monoisotopic (exact) mass is 276 g/mol. The number of hydrogen-bond acceptors (Lipinski definition) is 1. The molecule has 0 fully saturated rings. The van der Waals surface area contributed by atoms with Gasteiger partial charge in [-0.2, -0.15) is 13.2 Å². The van der Waals surface area contributed by atoms with Gasteiger partial charge in [-0.05, 0) is 12.1 Å². The molecule has 0 unspecified atom stereocenters.